The van der Waals surface area contributed by atoms with Gasteiger partial charge in [0.15, 0.2) is 0 Å². The topological polar surface area (TPSA) is 93.4 Å². The molecule has 2 aromatic rings. The van der Waals surface area contributed by atoms with Crippen LogP contribution in [0.15, 0.2) is 4.79 Å². The molecule has 0 spiro atoms. The van der Waals surface area contributed by atoms with Gasteiger partial charge < -0.3 is 0 Å². The third-order valence-electron chi connectivity index (χ3n) is 3.27. The molecule has 0 aliphatic heterocycles. The number of aromatic nitrogens is 3. The summed E-state index contributed by atoms with van der Waals surface area (Å²) in [5.74, 6) is -0.889. The summed E-state index contributed by atoms with van der Waals surface area (Å²) in [4.78, 5) is 15.9. The van der Waals surface area contributed by atoms with Gasteiger partial charge in [0.05, 0.1) is 18.0 Å². The van der Waals surface area contributed by atoms with Gasteiger partial charge in [-0.25, -0.2) is 18.1 Å². The number of rotatable bonds is 8. The second-order valence-corrected chi connectivity index (χ2v) is 8.17. The van der Waals surface area contributed by atoms with Crippen molar-refractivity contribution in [2.24, 2.45) is 0 Å². The highest BCUT2D eigenvalue weighted by Crippen LogP contribution is 2.12. The van der Waals surface area contributed by atoms with E-state index in [9.17, 15) is 17.6 Å². The van der Waals surface area contributed by atoms with E-state index in [-0.39, 0.29) is 23.0 Å². The van der Waals surface area contributed by atoms with E-state index in [2.05, 4.69) is 21.7 Å². The lowest BCUT2D eigenvalue weighted by atomic mass is 10.2. The van der Waals surface area contributed by atoms with E-state index in [0.29, 0.717) is 11.4 Å². The molecule has 128 valence electrons. The first-order chi connectivity index (χ1) is 10.8. The molecule has 0 saturated heterocycles. The molecule has 1 N–H and O–H groups in total. The predicted molar refractivity (Wildman–Crippen MR) is 86.6 cm³/mol. The molecule has 0 fully saturated rings. The fourth-order valence-corrected chi connectivity index (χ4v) is 4.05. The van der Waals surface area contributed by atoms with Gasteiger partial charge in [-0.2, -0.15) is 14.0 Å². The molecule has 0 unspecified atom stereocenters. The number of nitrogens with zero attached hydrogens (tertiary/aromatic N) is 3. The van der Waals surface area contributed by atoms with Gasteiger partial charge in [0.2, 0.25) is 20.8 Å². The molecule has 23 heavy (non-hydrogen) atoms. The minimum absolute atomic E-state index is 0.00158. The normalized spacial score (nSPS) is 12.1. The van der Waals surface area contributed by atoms with Crippen molar-refractivity contribution in [2.75, 3.05) is 5.75 Å². The maximum atomic E-state index is 13.5. The number of sulfonamides is 1. The van der Waals surface area contributed by atoms with Crippen LogP contribution in [0.2, 0.25) is 0 Å². The third kappa shape index (κ3) is 4.55. The molecule has 7 nitrogen and oxygen atoms in total. The van der Waals surface area contributed by atoms with E-state index >= 15 is 0 Å². The van der Waals surface area contributed by atoms with E-state index in [1.165, 1.54) is 6.92 Å². The number of nitrogens with one attached hydrogen (secondary N) is 1. The van der Waals surface area contributed by atoms with E-state index in [4.69, 9.17) is 0 Å². The Kier molecular flexibility index (Phi) is 5.82. The SMILES string of the molecule is CCCCCCS(=O)(=O)NCc1nn2c(=O)c(F)c(C)nc2s1. The average Bonchev–Trinajstić information content (AvgIpc) is 2.91. The lowest BCUT2D eigenvalue weighted by Gasteiger charge is -2.04. The summed E-state index contributed by atoms with van der Waals surface area (Å²) in [5, 5.41) is 4.28. The van der Waals surface area contributed by atoms with Crippen molar-refractivity contribution in [3.05, 3.63) is 26.9 Å². The molecule has 0 aliphatic rings. The van der Waals surface area contributed by atoms with E-state index in [1.807, 2.05) is 0 Å². The second kappa shape index (κ2) is 7.45. The largest absolute Gasteiger partial charge is 0.311 e. The van der Waals surface area contributed by atoms with Crippen LogP contribution in [0.25, 0.3) is 4.96 Å². The summed E-state index contributed by atoms with van der Waals surface area (Å²) < 4.78 is 40.6. The molecule has 0 radical (unpaired) electrons. The fraction of sp³-hybridized carbons (Fsp3) is 0.615. The van der Waals surface area contributed by atoms with Crippen LogP contribution >= 0.6 is 11.3 Å². The Morgan fingerprint density at radius 1 is 1.30 bits per heavy atom. The Hall–Kier alpha value is -1.39. The first-order valence-corrected chi connectivity index (χ1v) is 9.83. The van der Waals surface area contributed by atoms with Crippen molar-refractivity contribution in [1.82, 2.24) is 19.3 Å². The maximum Gasteiger partial charge on any atom is 0.311 e. The molecule has 0 aliphatic carbocycles. The van der Waals surface area contributed by atoms with Gasteiger partial charge in [-0.05, 0) is 13.3 Å². The average molecular weight is 362 g/mol. The highest BCUT2D eigenvalue weighted by Gasteiger charge is 2.15. The highest BCUT2D eigenvalue weighted by atomic mass is 32.2. The van der Waals surface area contributed by atoms with Gasteiger partial charge in [-0.15, -0.1) is 0 Å². The second-order valence-electron chi connectivity index (χ2n) is 5.21. The molecule has 0 saturated carbocycles. The van der Waals surface area contributed by atoms with Gasteiger partial charge in [-0.3, -0.25) is 4.79 Å². The molecule has 0 aromatic carbocycles. The summed E-state index contributed by atoms with van der Waals surface area (Å²) in [7, 11) is -3.39. The minimum atomic E-state index is -3.39. The molecule has 2 heterocycles. The van der Waals surface area contributed by atoms with Gasteiger partial charge in [-0.1, -0.05) is 37.5 Å². The van der Waals surface area contributed by atoms with Gasteiger partial charge in [0.1, 0.15) is 5.01 Å². The number of hydrogen-bond donors (Lipinski definition) is 1. The van der Waals surface area contributed by atoms with E-state index < -0.39 is 21.4 Å². The molecule has 0 bridgehead atoms. The Labute approximate surface area is 137 Å². The van der Waals surface area contributed by atoms with E-state index in [1.54, 1.807) is 0 Å². The van der Waals surface area contributed by atoms with Crippen LogP contribution in [-0.4, -0.2) is 28.8 Å². The van der Waals surface area contributed by atoms with Crippen molar-refractivity contribution in [1.29, 1.82) is 0 Å². The monoisotopic (exact) mass is 362 g/mol. The molecule has 2 rings (SSSR count). The molecule has 10 heteroatoms. The smallest absolute Gasteiger partial charge is 0.264 e. The number of hydrogen-bond acceptors (Lipinski definition) is 6. The highest BCUT2D eigenvalue weighted by molar-refractivity contribution is 7.89. The van der Waals surface area contributed by atoms with E-state index in [0.717, 1.165) is 35.1 Å². The molecule has 0 amide bonds. The van der Waals surface area contributed by atoms with Crippen molar-refractivity contribution in [3.8, 4) is 0 Å². The predicted octanol–water partition coefficient (Wildman–Crippen LogP) is 1.60. The molecular weight excluding hydrogens is 343 g/mol. The molecular formula is C13H19FN4O3S2. The van der Waals surface area contributed by atoms with Crippen molar-refractivity contribution >= 4 is 26.3 Å². The Balaban J connectivity index is 2.05. The minimum Gasteiger partial charge on any atom is -0.264 e. The third-order valence-corrected chi connectivity index (χ3v) is 5.59. The number of fused-ring (bicyclic) bond motifs is 1. The lowest BCUT2D eigenvalue weighted by molar-refractivity contribution is 0.571. The summed E-state index contributed by atoms with van der Waals surface area (Å²) in [6.07, 6.45) is 3.52. The van der Waals surface area contributed by atoms with Crippen LogP contribution in [0.1, 0.15) is 43.3 Å². The zero-order valence-electron chi connectivity index (χ0n) is 13.0. The van der Waals surface area contributed by atoms with Crippen LogP contribution < -0.4 is 10.3 Å². The summed E-state index contributed by atoms with van der Waals surface area (Å²) in [6.45, 7) is 3.42. The Bertz CT molecular complexity index is 845. The maximum absolute atomic E-state index is 13.5. The summed E-state index contributed by atoms with van der Waals surface area (Å²) in [6, 6.07) is 0. The molecule has 2 aromatic heterocycles. The quantitative estimate of drug-likeness (QED) is 0.720. The van der Waals surface area contributed by atoms with Gasteiger partial charge >= 0.3 is 5.56 Å². The number of unbranched alkanes of at least 4 members (excludes halogenated alkanes) is 3. The summed E-state index contributed by atoms with van der Waals surface area (Å²) in [5.41, 5.74) is -0.876. The van der Waals surface area contributed by atoms with Crippen molar-refractivity contribution in [2.45, 2.75) is 46.1 Å². The number of aryl methyl sites for hydroxylation is 1. The zero-order chi connectivity index (χ0) is 17.0. The number of halogens is 1. The van der Waals surface area contributed by atoms with Crippen molar-refractivity contribution in [3.63, 3.8) is 0 Å². The van der Waals surface area contributed by atoms with Gasteiger partial charge in [0, 0.05) is 0 Å². The lowest BCUT2D eigenvalue weighted by Crippen LogP contribution is -2.26. The Morgan fingerprint density at radius 2 is 2.04 bits per heavy atom. The zero-order valence-corrected chi connectivity index (χ0v) is 14.6. The fourth-order valence-electron chi connectivity index (χ4n) is 2.00. The molecule has 0 atom stereocenters. The van der Waals surface area contributed by atoms with Crippen molar-refractivity contribution < 1.29 is 12.8 Å². The van der Waals surface area contributed by atoms with Crippen LogP contribution in [0.4, 0.5) is 4.39 Å². The van der Waals surface area contributed by atoms with Crippen LogP contribution in [0, 0.1) is 12.7 Å². The summed E-state index contributed by atoms with van der Waals surface area (Å²) >= 11 is 1.05. The van der Waals surface area contributed by atoms with Crippen LogP contribution in [0.3, 0.4) is 0 Å². The Morgan fingerprint density at radius 3 is 2.74 bits per heavy atom. The van der Waals surface area contributed by atoms with Gasteiger partial charge in [0.25, 0.3) is 0 Å². The van der Waals surface area contributed by atoms with Crippen LogP contribution in [0.5, 0.6) is 0 Å². The van der Waals surface area contributed by atoms with Crippen LogP contribution in [-0.2, 0) is 16.6 Å². The first kappa shape index (κ1) is 18.0. The standard InChI is InChI=1S/C13H19FN4O3S2/c1-3-4-5-6-7-23(20,21)15-8-10-17-18-12(19)11(14)9(2)16-13(18)22-10/h15H,3-8H2,1-2H3. The first-order valence-electron chi connectivity index (χ1n) is 7.36.